The average Bonchev–Trinajstić information content (AvgIpc) is 2.07. The van der Waals surface area contributed by atoms with Crippen LogP contribution in [0, 0.1) is 24.0 Å². The molecule has 0 unspecified atom stereocenters. The summed E-state index contributed by atoms with van der Waals surface area (Å²) < 4.78 is 39.6. The van der Waals surface area contributed by atoms with Gasteiger partial charge >= 0.3 is 6.36 Å². The zero-order valence-electron chi connectivity index (χ0n) is 8.46. The van der Waals surface area contributed by atoms with Gasteiger partial charge in [0, 0.05) is 11.6 Å². The quantitative estimate of drug-likeness (QED) is 0.584. The normalized spacial score (nSPS) is 11.3. The van der Waals surface area contributed by atoms with Crippen LogP contribution in [0.25, 0.3) is 0 Å². The average molecular weight is 235 g/mol. The maximum absolute atomic E-state index is 12.0. The van der Waals surface area contributed by atoms with E-state index in [1.54, 1.807) is 0 Å². The molecular formula is C9H8F3NO3. The molecule has 0 saturated heterocycles. The van der Waals surface area contributed by atoms with E-state index < -0.39 is 17.0 Å². The Kier molecular flexibility index (Phi) is 3.06. The fraction of sp³-hybridized carbons (Fsp3) is 0.333. The van der Waals surface area contributed by atoms with Gasteiger partial charge in [0.1, 0.15) is 5.75 Å². The van der Waals surface area contributed by atoms with Gasteiger partial charge in [0.25, 0.3) is 5.69 Å². The van der Waals surface area contributed by atoms with E-state index in [0.29, 0.717) is 0 Å². The van der Waals surface area contributed by atoms with E-state index in [1.807, 2.05) is 0 Å². The Morgan fingerprint density at radius 3 is 2.25 bits per heavy atom. The summed E-state index contributed by atoms with van der Waals surface area (Å²) in [4.78, 5) is 9.86. The minimum atomic E-state index is -4.80. The second kappa shape index (κ2) is 3.99. The second-order valence-electron chi connectivity index (χ2n) is 3.21. The van der Waals surface area contributed by atoms with Crippen molar-refractivity contribution in [3.05, 3.63) is 33.4 Å². The van der Waals surface area contributed by atoms with Gasteiger partial charge in [-0.05, 0) is 25.5 Å². The van der Waals surface area contributed by atoms with Gasteiger partial charge < -0.3 is 4.74 Å². The van der Waals surface area contributed by atoms with E-state index in [2.05, 4.69) is 4.74 Å². The zero-order valence-corrected chi connectivity index (χ0v) is 8.46. The van der Waals surface area contributed by atoms with Crippen LogP contribution in [0.4, 0.5) is 18.9 Å². The van der Waals surface area contributed by atoms with Crippen molar-refractivity contribution in [2.75, 3.05) is 0 Å². The summed E-state index contributed by atoms with van der Waals surface area (Å²) in [6.07, 6.45) is -4.80. The predicted octanol–water partition coefficient (Wildman–Crippen LogP) is 3.11. The molecule has 1 aromatic rings. The fourth-order valence-electron chi connectivity index (χ4n) is 1.21. The van der Waals surface area contributed by atoms with Crippen LogP contribution in [0.1, 0.15) is 11.1 Å². The summed E-state index contributed by atoms with van der Waals surface area (Å²) in [7, 11) is 0. The number of halogens is 3. The smallest absolute Gasteiger partial charge is 0.405 e. The van der Waals surface area contributed by atoms with Crippen molar-refractivity contribution in [3.8, 4) is 5.75 Å². The lowest BCUT2D eigenvalue weighted by Crippen LogP contribution is -2.18. The lowest BCUT2D eigenvalue weighted by molar-refractivity contribution is -0.385. The minimum absolute atomic E-state index is 0.0645. The molecule has 16 heavy (non-hydrogen) atoms. The lowest BCUT2D eigenvalue weighted by Gasteiger charge is -2.11. The molecule has 0 aliphatic rings. The molecule has 1 rings (SSSR count). The lowest BCUT2D eigenvalue weighted by atomic mass is 10.1. The Morgan fingerprint density at radius 1 is 1.25 bits per heavy atom. The van der Waals surface area contributed by atoms with Gasteiger partial charge in [0.15, 0.2) is 0 Å². The fourth-order valence-corrected chi connectivity index (χ4v) is 1.21. The van der Waals surface area contributed by atoms with Crippen LogP contribution in [0.5, 0.6) is 5.75 Å². The van der Waals surface area contributed by atoms with Crippen LogP contribution in [0.2, 0.25) is 0 Å². The van der Waals surface area contributed by atoms with Gasteiger partial charge in [0.2, 0.25) is 0 Å². The molecule has 0 amide bonds. The first-order valence-corrected chi connectivity index (χ1v) is 4.22. The third kappa shape index (κ3) is 2.85. The van der Waals surface area contributed by atoms with Gasteiger partial charge in [-0.3, -0.25) is 10.1 Å². The van der Waals surface area contributed by atoms with E-state index in [4.69, 9.17) is 0 Å². The number of benzene rings is 1. The zero-order chi connectivity index (χ0) is 12.5. The topological polar surface area (TPSA) is 52.4 Å². The number of hydrogen-bond donors (Lipinski definition) is 0. The first kappa shape index (κ1) is 12.3. The monoisotopic (exact) mass is 235 g/mol. The highest BCUT2D eigenvalue weighted by molar-refractivity contribution is 5.49. The highest BCUT2D eigenvalue weighted by Gasteiger charge is 2.32. The van der Waals surface area contributed by atoms with E-state index in [1.165, 1.54) is 13.8 Å². The first-order chi connectivity index (χ1) is 7.20. The van der Waals surface area contributed by atoms with Gasteiger partial charge in [0.05, 0.1) is 4.92 Å². The third-order valence-electron chi connectivity index (χ3n) is 1.92. The highest BCUT2D eigenvalue weighted by Crippen LogP contribution is 2.31. The standard InChI is InChI=1S/C9H8F3NO3/c1-5-4-8(16-9(10,11)12)6(2)3-7(5)13(14)15/h3-4H,1-2H3. The molecule has 0 aliphatic carbocycles. The van der Waals surface area contributed by atoms with Crippen molar-refractivity contribution in [2.45, 2.75) is 20.2 Å². The molecule has 7 heteroatoms. The van der Waals surface area contributed by atoms with E-state index in [0.717, 1.165) is 12.1 Å². The summed E-state index contributed by atoms with van der Waals surface area (Å²) >= 11 is 0. The molecule has 0 saturated carbocycles. The summed E-state index contributed by atoms with van der Waals surface area (Å²) in [5, 5.41) is 10.5. The molecule has 0 fully saturated rings. The van der Waals surface area contributed by atoms with E-state index >= 15 is 0 Å². The number of rotatable bonds is 2. The molecule has 88 valence electrons. The van der Waals surface area contributed by atoms with Gasteiger partial charge in [-0.15, -0.1) is 13.2 Å². The Hall–Kier alpha value is -1.79. The highest BCUT2D eigenvalue weighted by atomic mass is 19.4. The number of nitro groups is 1. The van der Waals surface area contributed by atoms with Crippen LogP contribution >= 0.6 is 0 Å². The number of ether oxygens (including phenoxy) is 1. The van der Waals surface area contributed by atoms with Crippen LogP contribution in [-0.4, -0.2) is 11.3 Å². The van der Waals surface area contributed by atoms with Crippen LogP contribution in [0.3, 0.4) is 0 Å². The van der Waals surface area contributed by atoms with E-state index in [-0.39, 0.29) is 16.8 Å². The summed E-state index contributed by atoms with van der Waals surface area (Å²) in [5.74, 6) is -0.421. The molecule has 0 aromatic heterocycles. The molecule has 0 aliphatic heterocycles. The molecular weight excluding hydrogens is 227 g/mol. The molecule has 0 spiro atoms. The SMILES string of the molecule is Cc1cc([N+](=O)[O-])c(C)cc1OC(F)(F)F. The Balaban J connectivity index is 3.16. The summed E-state index contributed by atoms with van der Waals surface area (Å²) in [6.45, 7) is 2.66. The van der Waals surface area contributed by atoms with Gasteiger partial charge in [-0.25, -0.2) is 0 Å². The number of hydrogen-bond acceptors (Lipinski definition) is 3. The molecule has 0 bridgehead atoms. The number of alkyl halides is 3. The van der Waals surface area contributed by atoms with Gasteiger partial charge in [-0.2, -0.15) is 0 Å². The number of nitro benzene ring substituents is 1. The van der Waals surface area contributed by atoms with Crippen molar-refractivity contribution in [2.24, 2.45) is 0 Å². The number of aryl methyl sites for hydroxylation is 2. The van der Waals surface area contributed by atoms with Gasteiger partial charge in [-0.1, -0.05) is 0 Å². The Morgan fingerprint density at radius 2 is 1.81 bits per heavy atom. The van der Waals surface area contributed by atoms with Crippen LogP contribution in [0.15, 0.2) is 12.1 Å². The summed E-state index contributed by atoms with van der Waals surface area (Å²) in [6, 6.07) is 2.05. The number of nitrogens with zero attached hydrogens (tertiary/aromatic N) is 1. The van der Waals surface area contributed by atoms with E-state index in [9.17, 15) is 23.3 Å². The van der Waals surface area contributed by atoms with Crippen molar-refractivity contribution in [1.29, 1.82) is 0 Å². The molecule has 0 atom stereocenters. The minimum Gasteiger partial charge on any atom is -0.405 e. The van der Waals surface area contributed by atoms with Crippen molar-refractivity contribution in [3.63, 3.8) is 0 Å². The van der Waals surface area contributed by atoms with Crippen LogP contribution in [-0.2, 0) is 0 Å². The first-order valence-electron chi connectivity index (χ1n) is 4.22. The van der Waals surface area contributed by atoms with Crippen molar-refractivity contribution in [1.82, 2.24) is 0 Å². The molecule has 1 aromatic carbocycles. The van der Waals surface area contributed by atoms with Crippen molar-refractivity contribution >= 4 is 5.69 Å². The Bertz CT molecular complexity index is 429. The second-order valence-corrected chi connectivity index (χ2v) is 3.21. The largest absolute Gasteiger partial charge is 0.573 e. The molecule has 0 heterocycles. The maximum atomic E-state index is 12.0. The van der Waals surface area contributed by atoms with Crippen LogP contribution < -0.4 is 4.74 Å². The third-order valence-corrected chi connectivity index (χ3v) is 1.92. The Labute approximate surface area is 88.8 Å². The predicted molar refractivity (Wildman–Crippen MR) is 49.3 cm³/mol. The molecule has 0 N–H and O–H groups in total. The molecule has 0 radical (unpaired) electrons. The maximum Gasteiger partial charge on any atom is 0.573 e. The molecule has 4 nitrogen and oxygen atoms in total. The van der Waals surface area contributed by atoms with Crippen molar-refractivity contribution < 1.29 is 22.8 Å². The summed E-state index contributed by atoms with van der Waals surface area (Å²) in [5.41, 5.74) is -0.0449.